The number of amides is 1. The number of alkyl halides is 1. The normalized spacial score (nSPS) is 16.3. The van der Waals surface area contributed by atoms with Crippen LogP contribution in [0.5, 0.6) is 0 Å². The van der Waals surface area contributed by atoms with Gasteiger partial charge in [0.2, 0.25) is 0 Å². The van der Waals surface area contributed by atoms with E-state index in [2.05, 4.69) is 0 Å². The molecular formula is C12H17FN2O. The van der Waals surface area contributed by atoms with Crippen molar-refractivity contribution in [1.82, 2.24) is 9.47 Å². The third kappa shape index (κ3) is 1.72. The molecule has 0 unspecified atom stereocenters. The van der Waals surface area contributed by atoms with Gasteiger partial charge in [0, 0.05) is 37.9 Å². The lowest BCUT2D eigenvalue weighted by Crippen LogP contribution is -2.50. The molecule has 0 aliphatic carbocycles. The molecule has 1 aromatic rings. The molecule has 88 valence electrons. The summed E-state index contributed by atoms with van der Waals surface area (Å²) in [4.78, 5) is 13.8. The lowest BCUT2D eigenvalue weighted by molar-refractivity contribution is 0.0451. The molecule has 4 heteroatoms. The minimum atomic E-state index is -0.320. The monoisotopic (exact) mass is 224 g/mol. The molecule has 2 heterocycles. The van der Waals surface area contributed by atoms with Crippen LogP contribution in [0.15, 0.2) is 12.3 Å². The van der Waals surface area contributed by atoms with E-state index in [1.54, 1.807) is 4.90 Å². The molecule has 0 bridgehead atoms. The highest BCUT2D eigenvalue weighted by Crippen LogP contribution is 2.21. The second-order valence-electron chi connectivity index (χ2n) is 4.37. The van der Waals surface area contributed by atoms with Crippen LogP contribution in [0, 0.1) is 5.92 Å². The van der Waals surface area contributed by atoms with E-state index in [0.29, 0.717) is 13.1 Å². The predicted molar refractivity (Wildman–Crippen MR) is 60.2 cm³/mol. The van der Waals surface area contributed by atoms with Crippen molar-refractivity contribution in [2.75, 3.05) is 19.8 Å². The Morgan fingerprint density at radius 1 is 1.56 bits per heavy atom. The van der Waals surface area contributed by atoms with Crippen molar-refractivity contribution >= 4 is 5.91 Å². The van der Waals surface area contributed by atoms with Crippen molar-refractivity contribution < 1.29 is 9.18 Å². The Balaban J connectivity index is 2.10. The minimum Gasteiger partial charge on any atom is -0.354 e. The topological polar surface area (TPSA) is 25.2 Å². The summed E-state index contributed by atoms with van der Waals surface area (Å²) in [7, 11) is 1.94. The third-order valence-corrected chi connectivity index (χ3v) is 3.23. The first-order valence-corrected chi connectivity index (χ1v) is 5.66. The van der Waals surface area contributed by atoms with Crippen LogP contribution in [0.1, 0.15) is 23.0 Å². The quantitative estimate of drug-likeness (QED) is 0.766. The van der Waals surface area contributed by atoms with Crippen molar-refractivity contribution in [2.24, 2.45) is 13.0 Å². The fraction of sp³-hybridized carbons (Fsp3) is 0.583. The highest BCUT2D eigenvalue weighted by Gasteiger charge is 2.32. The number of hydrogen-bond donors (Lipinski definition) is 0. The Morgan fingerprint density at radius 3 is 2.81 bits per heavy atom. The summed E-state index contributed by atoms with van der Waals surface area (Å²) in [6, 6.07) is 1.85. The summed E-state index contributed by atoms with van der Waals surface area (Å²) in [6.45, 7) is 2.84. The standard InChI is InChI=1S/C12H17FN2O/c1-3-11-10(4-5-14(11)2)12(16)15-7-9(6-13)8-15/h4-5,9H,3,6-8H2,1-2H3. The molecule has 0 saturated carbocycles. The van der Waals surface area contributed by atoms with Crippen molar-refractivity contribution in [3.63, 3.8) is 0 Å². The summed E-state index contributed by atoms with van der Waals surface area (Å²) >= 11 is 0. The zero-order valence-electron chi connectivity index (χ0n) is 9.74. The molecule has 1 fully saturated rings. The zero-order valence-corrected chi connectivity index (χ0v) is 9.74. The van der Waals surface area contributed by atoms with Gasteiger partial charge >= 0.3 is 0 Å². The summed E-state index contributed by atoms with van der Waals surface area (Å²) in [5.41, 5.74) is 1.82. The Labute approximate surface area is 94.9 Å². The van der Waals surface area contributed by atoms with E-state index in [1.165, 1.54) is 0 Å². The maximum Gasteiger partial charge on any atom is 0.255 e. The van der Waals surface area contributed by atoms with E-state index in [1.807, 2.05) is 30.8 Å². The van der Waals surface area contributed by atoms with Gasteiger partial charge in [-0.2, -0.15) is 0 Å². The molecule has 16 heavy (non-hydrogen) atoms. The molecule has 1 aliphatic heterocycles. The first-order chi connectivity index (χ1) is 7.67. The molecule has 1 aliphatic rings. The average Bonchev–Trinajstić information content (AvgIpc) is 2.57. The number of carbonyl (C=O) groups excluding carboxylic acids is 1. The van der Waals surface area contributed by atoms with Crippen LogP contribution in [0.25, 0.3) is 0 Å². The van der Waals surface area contributed by atoms with Gasteiger partial charge in [-0.05, 0) is 12.5 Å². The Kier molecular flexibility index (Phi) is 2.99. The second kappa shape index (κ2) is 4.28. The highest BCUT2D eigenvalue weighted by atomic mass is 19.1. The van der Waals surface area contributed by atoms with E-state index in [4.69, 9.17) is 0 Å². The molecule has 3 nitrogen and oxygen atoms in total. The van der Waals surface area contributed by atoms with E-state index < -0.39 is 0 Å². The van der Waals surface area contributed by atoms with Crippen molar-refractivity contribution in [1.29, 1.82) is 0 Å². The number of carbonyl (C=O) groups is 1. The summed E-state index contributed by atoms with van der Waals surface area (Å²) in [5.74, 6) is 0.0971. The number of nitrogens with zero attached hydrogens (tertiary/aromatic N) is 2. The molecule has 0 N–H and O–H groups in total. The number of hydrogen-bond acceptors (Lipinski definition) is 1. The Morgan fingerprint density at radius 2 is 2.25 bits per heavy atom. The molecule has 0 spiro atoms. The average molecular weight is 224 g/mol. The van der Waals surface area contributed by atoms with E-state index in [-0.39, 0.29) is 18.5 Å². The van der Waals surface area contributed by atoms with Gasteiger partial charge < -0.3 is 9.47 Å². The van der Waals surface area contributed by atoms with E-state index >= 15 is 0 Å². The van der Waals surface area contributed by atoms with Crippen molar-refractivity contribution in [3.05, 3.63) is 23.5 Å². The number of aromatic nitrogens is 1. The Bertz CT molecular complexity index is 394. The van der Waals surface area contributed by atoms with Gasteiger partial charge in [0.1, 0.15) is 0 Å². The molecular weight excluding hydrogens is 207 g/mol. The number of halogens is 1. The summed E-state index contributed by atoms with van der Waals surface area (Å²) in [5, 5.41) is 0. The highest BCUT2D eigenvalue weighted by molar-refractivity contribution is 5.96. The first kappa shape index (κ1) is 11.2. The molecule has 2 rings (SSSR count). The van der Waals surface area contributed by atoms with Gasteiger partial charge in [-0.25, -0.2) is 0 Å². The summed E-state index contributed by atoms with van der Waals surface area (Å²) < 4.78 is 14.3. The van der Waals surface area contributed by atoms with Gasteiger partial charge in [0.25, 0.3) is 5.91 Å². The van der Waals surface area contributed by atoms with Gasteiger partial charge in [-0.1, -0.05) is 6.92 Å². The summed E-state index contributed by atoms with van der Waals surface area (Å²) in [6.07, 6.45) is 2.74. The van der Waals surface area contributed by atoms with Crippen LogP contribution in [0.3, 0.4) is 0 Å². The van der Waals surface area contributed by atoms with Crippen LogP contribution >= 0.6 is 0 Å². The smallest absolute Gasteiger partial charge is 0.255 e. The lowest BCUT2D eigenvalue weighted by Gasteiger charge is -2.37. The molecule has 0 aromatic carbocycles. The molecule has 0 radical (unpaired) electrons. The number of aryl methyl sites for hydroxylation is 1. The van der Waals surface area contributed by atoms with Gasteiger partial charge in [0.15, 0.2) is 0 Å². The predicted octanol–water partition coefficient (Wildman–Crippen LogP) is 1.63. The van der Waals surface area contributed by atoms with E-state index in [0.717, 1.165) is 17.7 Å². The van der Waals surface area contributed by atoms with Gasteiger partial charge in [0.05, 0.1) is 12.2 Å². The molecule has 0 atom stereocenters. The van der Waals surface area contributed by atoms with Crippen molar-refractivity contribution in [3.8, 4) is 0 Å². The third-order valence-electron chi connectivity index (χ3n) is 3.23. The minimum absolute atomic E-state index is 0.0437. The van der Waals surface area contributed by atoms with Gasteiger partial charge in [-0.3, -0.25) is 9.18 Å². The van der Waals surface area contributed by atoms with E-state index in [9.17, 15) is 9.18 Å². The SMILES string of the molecule is CCc1c(C(=O)N2CC(CF)C2)ccn1C. The fourth-order valence-corrected chi connectivity index (χ4v) is 2.20. The maximum absolute atomic E-state index is 12.3. The van der Waals surface area contributed by atoms with Crippen LogP contribution < -0.4 is 0 Å². The molecule has 1 aromatic heterocycles. The fourth-order valence-electron chi connectivity index (χ4n) is 2.20. The largest absolute Gasteiger partial charge is 0.354 e. The number of likely N-dealkylation sites (tertiary alicyclic amines) is 1. The first-order valence-electron chi connectivity index (χ1n) is 5.66. The lowest BCUT2D eigenvalue weighted by atomic mass is 10.0. The van der Waals surface area contributed by atoms with Crippen LogP contribution in [-0.4, -0.2) is 35.1 Å². The number of rotatable bonds is 3. The van der Waals surface area contributed by atoms with Gasteiger partial charge in [-0.15, -0.1) is 0 Å². The van der Waals surface area contributed by atoms with Crippen molar-refractivity contribution in [2.45, 2.75) is 13.3 Å². The van der Waals surface area contributed by atoms with Crippen LogP contribution in [0.4, 0.5) is 4.39 Å². The van der Waals surface area contributed by atoms with Crippen LogP contribution in [-0.2, 0) is 13.5 Å². The maximum atomic E-state index is 12.3. The zero-order chi connectivity index (χ0) is 11.7. The molecule has 1 saturated heterocycles. The Hall–Kier alpha value is -1.32. The van der Waals surface area contributed by atoms with Crippen LogP contribution in [0.2, 0.25) is 0 Å². The second-order valence-corrected chi connectivity index (χ2v) is 4.37. The molecule has 1 amide bonds.